The number of halogens is 2. The largest absolute Gasteiger partial charge is 0.326 e. The van der Waals surface area contributed by atoms with Crippen molar-refractivity contribution in [3.63, 3.8) is 0 Å². The van der Waals surface area contributed by atoms with Crippen molar-refractivity contribution in [2.45, 2.75) is 12.8 Å². The fourth-order valence-corrected chi connectivity index (χ4v) is 2.34. The van der Waals surface area contributed by atoms with Gasteiger partial charge in [0.2, 0.25) is 0 Å². The van der Waals surface area contributed by atoms with Crippen LogP contribution in [-0.4, -0.2) is 14.5 Å². The summed E-state index contributed by atoms with van der Waals surface area (Å²) in [5.74, 6) is -2.39. The van der Waals surface area contributed by atoms with E-state index in [1.807, 2.05) is 0 Å². The van der Waals surface area contributed by atoms with Crippen LogP contribution < -0.4 is 0 Å². The molecule has 0 aliphatic rings. The lowest BCUT2D eigenvalue weighted by Crippen LogP contribution is -2.10. The second-order valence-corrected chi connectivity index (χ2v) is 4.79. The summed E-state index contributed by atoms with van der Waals surface area (Å²) >= 11 is 0. The Hall–Kier alpha value is -2.30. The molecule has 0 atom stereocenters. The molecule has 0 unspecified atom stereocenters. The van der Waals surface area contributed by atoms with E-state index in [0.29, 0.717) is 11.4 Å². The third-order valence-corrected chi connectivity index (χ3v) is 3.32. The molecule has 0 aliphatic carbocycles. The molecule has 3 aromatic rings. The number of nitrogens with zero attached hydrogens (tertiary/aromatic N) is 3. The van der Waals surface area contributed by atoms with Crippen molar-refractivity contribution in [1.82, 2.24) is 14.5 Å². The van der Waals surface area contributed by atoms with Gasteiger partial charge in [-0.2, -0.15) is 0 Å². The topological polar surface area (TPSA) is 30.7 Å². The minimum absolute atomic E-state index is 0.0219. The van der Waals surface area contributed by atoms with Crippen LogP contribution in [0.15, 0.2) is 42.7 Å². The molecule has 0 amide bonds. The molecule has 1 aromatic carbocycles. The van der Waals surface area contributed by atoms with Gasteiger partial charge in [0.05, 0.1) is 17.2 Å². The number of hydrogen-bond donors (Lipinski definition) is 0. The lowest BCUT2D eigenvalue weighted by molar-refractivity contribution is 0.0180. The molecule has 0 radical (unpaired) electrons. The third-order valence-electron chi connectivity index (χ3n) is 3.32. The number of alkyl halides is 2. The van der Waals surface area contributed by atoms with Gasteiger partial charge in [-0.3, -0.25) is 4.98 Å². The van der Waals surface area contributed by atoms with E-state index in [1.54, 1.807) is 48.3 Å². The molecule has 0 N–H and O–H groups in total. The van der Waals surface area contributed by atoms with Crippen molar-refractivity contribution in [3.05, 3.63) is 48.3 Å². The van der Waals surface area contributed by atoms with E-state index >= 15 is 0 Å². The van der Waals surface area contributed by atoms with E-state index < -0.39 is 5.92 Å². The molecule has 0 bridgehead atoms. The molecule has 0 aliphatic heterocycles. The van der Waals surface area contributed by atoms with Gasteiger partial charge in [-0.15, -0.1) is 0 Å². The number of rotatable bonds is 2. The van der Waals surface area contributed by atoms with Gasteiger partial charge in [-0.05, 0) is 6.07 Å². The number of fused-ring (bicyclic) bond motifs is 1. The normalized spacial score (nSPS) is 12.0. The number of imidazole rings is 1. The lowest BCUT2D eigenvalue weighted by Gasteiger charge is -2.15. The molecule has 0 saturated heterocycles. The smallest absolute Gasteiger partial charge is 0.271 e. The summed E-state index contributed by atoms with van der Waals surface area (Å²) in [4.78, 5) is 8.49. The van der Waals surface area contributed by atoms with E-state index in [0.717, 1.165) is 18.0 Å². The second kappa shape index (κ2) is 4.37. The maximum atomic E-state index is 13.7. The molecule has 3 rings (SSSR count). The first-order valence-electron chi connectivity index (χ1n) is 6.22. The van der Waals surface area contributed by atoms with Gasteiger partial charge in [0.15, 0.2) is 0 Å². The summed E-state index contributed by atoms with van der Waals surface area (Å²) < 4.78 is 29.3. The van der Waals surface area contributed by atoms with Crippen molar-refractivity contribution >= 4 is 11.0 Å². The first-order chi connectivity index (χ1) is 9.48. The number of hydrogen-bond acceptors (Lipinski definition) is 2. The summed E-state index contributed by atoms with van der Waals surface area (Å²) in [5.41, 5.74) is 1.98. The van der Waals surface area contributed by atoms with Crippen molar-refractivity contribution in [1.29, 1.82) is 0 Å². The summed E-state index contributed by atoms with van der Waals surface area (Å²) in [6.45, 7) is 0.899. The number of aromatic nitrogens is 3. The maximum absolute atomic E-state index is 13.7. The van der Waals surface area contributed by atoms with Gasteiger partial charge in [0.25, 0.3) is 5.92 Å². The van der Waals surface area contributed by atoms with Crippen molar-refractivity contribution < 1.29 is 8.78 Å². The minimum atomic E-state index is -2.91. The fraction of sp³-hybridized carbons (Fsp3) is 0.200. The van der Waals surface area contributed by atoms with Crippen LogP contribution in [0.4, 0.5) is 8.78 Å². The summed E-state index contributed by atoms with van der Waals surface area (Å²) in [5, 5.41) is 0. The van der Waals surface area contributed by atoms with Crippen LogP contribution in [0.3, 0.4) is 0 Å². The van der Waals surface area contributed by atoms with Gasteiger partial charge in [0, 0.05) is 31.3 Å². The molecule has 102 valence electrons. The van der Waals surface area contributed by atoms with Crippen molar-refractivity contribution in [2.75, 3.05) is 0 Å². The van der Waals surface area contributed by atoms with E-state index in [9.17, 15) is 8.78 Å². The van der Waals surface area contributed by atoms with E-state index in [4.69, 9.17) is 0 Å². The highest BCUT2D eigenvalue weighted by Gasteiger charge is 2.29. The number of aryl methyl sites for hydroxylation is 1. The van der Waals surface area contributed by atoms with Crippen LogP contribution in [0.5, 0.6) is 0 Å². The summed E-state index contributed by atoms with van der Waals surface area (Å²) in [6.07, 6.45) is 3.32. The molecule has 0 fully saturated rings. The molecule has 2 heterocycles. The molecule has 20 heavy (non-hydrogen) atoms. The van der Waals surface area contributed by atoms with Crippen molar-refractivity contribution in [3.8, 4) is 11.4 Å². The Bertz CT molecular complexity index is 772. The molecule has 0 spiro atoms. The SMILES string of the molecule is Cn1c(-c2ccccc2C(C)(F)F)nc2ccncc21. The number of benzene rings is 1. The predicted octanol–water partition coefficient (Wildman–Crippen LogP) is 3.75. The summed E-state index contributed by atoms with van der Waals surface area (Å²) in [7, 11) is 1.80. The average molecular weight is 273 g/mol. The first-order valence-corrected chi connectivity index (χ1v) is 6.22. The van der Waals surface area contributed by atoms with Crippen LogP contribution >= 0.6 is 0 Å². The highest BCUT2D eigenvalue weighted by atomic mass is 19.3. The van der Waals surface area contributed by atoms with Gasteiger partial charge in [0.1, 0.15) is 5.82 Å². The Kier molecular flexibility index (Phi) is 2.78. The highest BCUT2D eigenvalue weighted by molar-refractivity contribution is 5.80. The lowest BCUT2D eigenvalue weighted by atomic mass is 10.0. The molecule has 3 nitrogen and oxygen atoms in total. The zero-order valence-corrected chi connectivity index (χ0v) is 11.1. The average Bonchev–Trinajstić information content (AvgIpc) is 2.76. The third kappa shape index (κ3) is 1.95. The Labute approximate surface area is 114 Å². The van der Waals surface area contributed by atoms with Gasteiger partial charge < -0.3 is 4.57 Å². The van der Waals surface area contributed by atoms with Gasteiger partial charge >= 0.3 is 0 Å². The zero-order valence-electron chi connectivity index (χ0n) is 11.1. The van der Waals surface area contributed by atoms with E-state index in [2.05, 4.69) is 9.97 Å². The molecule has 5 heteroatoms. The predicted molar refractivity (Wildman–Crippen MR) is 73.5 cm³/mol. The van der Waals surface area contributed by atoms with Crippen molar-refractivity contribution in [2.24, 2.45) is 7.05 Å². The molecule has 0 saturated carbocycles. The van der Waals surface area contributed by atoms with Crippen LogP contribution in [-0.2, 0) is 13.0 Å². The van der Waals surface area contributed by atoms with Crippen LogP contribution in [0.1, 0.15) is 12.5 Å². The van der Waals surface area contributed by atoms with Crippen LogP contribution in [0.25, 0.3) is 22.4 Å². The number of pyridine rings is 1. The van der Waals surface area contributed by atoms with Gasteiger partial charge in [-0.25, -0.2) is 13.8 Å². The van der Waals surface area contributed by atoms with Crippen LogP contribution in [0, 0.1) is 0 Å². The molecule has 2 aromatic heterocycles. The van der Waals surface area contributed by atoms with E-state index in [-0.39, 0.29) is 5.56 Å². The Morgan fingerprint density at radius 3 is 2.60 bits per heavy atom. The fourth-order valence-electron chi connectivity index (χ4n) is 2.34. The van der Waals surface area contributed by atoms with Crippen LogP contribution in [0.2, 0.25) is 0 Å². The maximum Gasteiger partial charge on any atom is 0.271 e. The Balaban J connectivity index is 2.29. The Morgan fingerprint density at radius 2 is 1.90 bits per heavy atom. The second-order valence-electron chi connectivity index (χ2n) is 4.79. The minimum Gasteiger partial charge on any atom is -0.326 e. The Morgan fingerprint density at radius 1 is 1.15 bits per heavy atom. The molecular weight excluding hydrogens is 260 g/mol. The van der Waals surface area contributed by atoms with Gasteiger partial charge in [-0.1, -0.05) is 24.3 Å². The quantitative estimate of drug-likeness (QED) is 0.712. The highest BCUT2D eigenvalue weighted by Crippen LogP contribution is 2.35. The monoisotopic (exact) mass is 273 g/mol. The zero-order chi connectivity index (χ0) is 14.3. The van der Waals surface area contributed by atoms with E-state index in [1.165, 1.54) is 6.07 Å². The molecular formula is C15H13F2N3. The summed E-state index contributed by atoms with van der Waals surface area (Å²) in [6, 6.07) is 8.22. The standard InChI is InChI=1S/C15H13F2N3/c1-15(16,17)11-6-4-3-5-10(11)14-19-12-7-8-18-9-13(12)20(14)2/h3-9H,1-2H3. The first kappa shape index (κ1) is 12.7.